The van der Waals surface area contributed by atoms with Crippen molar-refractivity contribution in [1.82, 2.24) is 5.32 Å². The number of amides is 1. The minimum absolute atomic E-state index is 0.0654. The molecule has 2 N–H and O–H groups in total. The summed E-state index contributed by atoms with van der Waals surface area (Å²) in [7, 11) is 0. The Morgan fingerprint density at radius 3 is 2.27 bits per heavy atom. The van der Waals surface area contributed by atoms with Crippen LogP contribution in [0, 0.1) is 5.92 Å². The molecule has 4 nitrogen and oxygen atoms in total. The fourth-order valence-corrected chi connectivity index (χ4v) is 1.37. The van der Waals surface area contributed by atoms with Crippen molar-refractivity contribution in [1.29, 1.82) is 0 Å². The van der Waals surface area contributed by atoms with Crippen molar-refractivity contribution in [3.63, 3.8) is 0 Å². The predicted octanol–water partition coefficient (Wildman–Crippen LogP) is 1.79. The Morgan fingerprint density at radius 1 is 1.20 bits per heavy atom. The Balaban J connectivity index is 3.59. The molecule has 0 radical (unpaired) electrons. The molecule has 0 aliphatic carbocycles. The highest BCUT2D eigenvalue weighted by Crippen LogP contribution is 2.08. The van der Waals surface area contributed by atoms with E-state index < -0.39 is 18.3 Å². The van der Waals surface area contributed by atoms with E-state index in [0.29, 0.717) is 5.92 Å². The highest BCUT2D eigenvalue weighted by Gasteiger charge is 2.10. The van der Waals surface area contributed by atoms with Crippen LogP contribution in [0.1, 0.15) is 46.5 Å². The second kappa shape index (κ2) is 7.26. The van der Waals surface area contributed by atoms with Crippen molar-refractivity contribution in [3.8, 4) is 0 Å². The molecule has 0 saturated carbocycles. The summed E-state index contributed by atoms with van der Waals surface area (Å²) in [5.41, 5.74) is 0. The van der Waals surface area contributed by atoms with E-state index in [-0.39, 0.29) is 6.04 Å². The largest absolute Gasteiger partial charge is 0.481 e. The molecule has 0 rings (SSSR count). The molecule has 15 heavy (non-hydrogen) atoms. The maximum atomic E-state index is 11.1. The second-order valence-electron chi connectivity index (χ2n) is 4.36. The Labute approximate surface area is 91.1 Å². The number of hydrogen-bond acceptors (Lipinski definition) is 2. The molecular weight excluding hydrogens is 194 g/mol. The summed E-state index contributed by atoms with van der Waals surface area (Å²) in [6.45, 7) is 6.22. The van der Waals surface area contributed by atoms with Crippen molar-refractivity contribution >= 4 is 11.9 Å². The van der Waals surface area contributed by atoms with Crippen molar-refractivity contribution in [2.75, 3.05) is 0 Å². The maximum Gasteiger partial charge on any atom is 0.312 e. The van der Waals surface area contributed by atoms with Crippen LogP contribution in [-0.4, -0.2) is 23.0 Å². The third-order valence-corrected chi connectivity index (χ3v) is 2.14. The SMILES string of the molecule is CC(C)CCCC(C)NC(=O)CC(=O)O. The monoisotopic (exact) mass is 215 g/mol. The van der Waals surface area contributed by atoms with Gasteiger partial charge in [0.2, 0.25) is 5.91 Å². The first-order valence-electron chi connectivity index (χ1n) is 5.43. The highest BCUT2D eigenvalue weighted by atomic mass is 16.4. The van der Waals surface area contributed by atoms with Crippen LogP contribution in [0.4, 0.5) is 0 Å². The smallest absolute Gasteiger partial charge is 0.312 e. The summed E-state index contributed by atoms with van der Waals surface area (Å²) in [5.74, 6) is -0.812. The molecule has 0 aliphatic heterocycles. The molecule has 0 aromatic heterocycles. The molecule has 0 bridgehead atoms. The van der Waals surface area contributed by atoms with E-state index in [4.69, 9.17) is 5.11 Å². The summed E-state index contributed by atoms with van der Waals surface area (Å²) in [6, 6.07) is 0.0654. The average molecular weight is 215 g/mol. The molecule has 0 aliphatic rings. The van der Waals surface area contributed by atoms with Gasteiger partial charge in [0.05, 0.1) is 0 Å². The van der Waals surface area contributed by atoms with Crippen LogP contribution in [0.5, 0.6) is 0 Å². The van der Waals surface area contributed by atoms with Crippen molar-refractivity contribution in [2.24, 2.45) is 5.92 Å². The van der Waals surface area contributed by atoms with E-state index in [1.54, 1.807) is 0 Å². The van der Waals surface area contributed by atoms with E-state index in [1.807, 2.05) is 6.92 Å². The molecule has 0 aromatic carbocycles. The minimum atomic E-state index is -1.08. The highest BCUT2D eigenvalue weighted by molar-refractivity contribution is 5.93. The summed E-state index contributed by atoms with van der Waals surface area (Å²) in [6.07, 6.45) is 2.67. The summed E-state index contributed by atoms with van der Waals surface area (Å²) < 4.78 is 0. The Hall–Kier alpha value is -1.06. The van der Waals surface area contributed by atoms with Crippen LogP contribution in [0.2, 0.25) is 0 Å². The van der Waals surface area contributed by atoms with Crippen LogP contribution >= 0.6 is 0 Å². The molecule has 88 valence electrons. The first-order chi connectivity index (χ1) is 6.91. The lowest BCUT2D eigenvalue weighted by molar-refractivity contribution is -0.140. The molecule has 0 fully saturated rings. The molecule has 0 spiro atoms. The van der Waals surface area contributed by atoms with Gasteiger partial charge in [-0.3, -0.25) is 9.59 Å². The standard InChI is InChI=1S/C11H21NO3/c1-8(2)5-4-6-9(3)12-10(13)7-11(14)15/h8-9H,4-7H2,1-3H3,(H,12,13)(H,14,15). The van der Waals surface area contributed by atoms with Crippen LogP contribution in [0.3, 0.4) is 0 Å². The van der Waals surface area contributed by atoms with Gasteiger partial charge < -0.3 is 10.4 Å². The number of aliphatic carboxylic acids is 1. The van der Waals surface area contributed by atoms with Crippen LogP contribution in [-0.2, 0) is 9.59 Å². The third-order valence-electron chi connectivity index (χ3n) is 2.14. The van der Waals surface area contributed by atoms with Gasteiger partial charge in [0, 0.05) is 6.04 Å². The number of carboxylic acids is 1. The molecule has 1 amide bonds. The molecule has 0 heterocycles. The number of carboxylic acid groups (broad SMARTS) is 1. The summed E-state index contributed by atoms with van der Waals surface area (Å²) >= 11 is 0. The molecule has 0 aromatic rings. The number of hydrogen-bond donors (Lipinski definition) is 2. The predicted molar refractivity (Wildman–Crippen MR) is 58.5 cm³/mol. The molecule has 1 unspecified atom stereocenters. The summed E-state index contributed by atoms with van der Waals surface area (Å²) in [5, 5.41) is 11.0. The molecular formula is C11H21NO3. The Kier molecular flexibility index (Phi) is 6.75. The van der Waals surface area contributed by atoms with E-state index >= 15 is 0 Å². The first kappa shape index (κ1) is 13.9. The number of carbonyl (C=O) groups is 2. The zero-order valence-electron chi connectivity index (χ0n) is 9.75. The molecule has 1 atom stereocenters. The third kappa shape index (κ3) is 9.25. The number of carbonyl (C=O) groups excluding carboxylic acids is 1. The van der Waals surface area contributed by atoms with Crippen LogP contribution in [0.15, 0.2) is 0 Å². The van der Waals surface area contributed by atoms with Crippen molar-refractivity contribution in [2.45, 2.75) is 52.5 Å². The zero-order valence-corrected chi connectivity index (χ0v) is 9.75. The van der Waals surface area contributed by atoms with Gasteiger partial charge in [-0.1, -0.05) is 26.7 Å². The maximum absolute atomic E-state index is 11.1. The van der Waals surface area contributed by atoms with Gasteiger partial charge in [-0.15, -0.1) is 0 Å². The first-order valence-corrected chi connectivity index (χ1v) is 5.43. The number of nitrogens with one attached hydrogen (secondary N) is 1. The van der Waals surface area contributed by atoms with E-state index in [1.165, 1.54) is 0 Å². The van der Waals surface area contributed by atoms with Gasteiger partial charge in [-0.05, 0) is 19.3 Å². The van der Waals surface area contributed by atoms with Crippen molar-refractivity contribution < 1.29 is 14.7 Å². The van der Waals surface area contributed by atoms with E-state index in [2.05, 4.69) is 19.2 Å². The minimum Gasteiger partial charge on any atom is -0.481 e. The van der Waals surface area contributed by atoms with Crippen LogP contribution in [0.25, 0.3) is 0 Å². The fraction of sp³-hybridized carbons (Fsp3) is 0.818. The van der Waals surface area contributed by atoms with Gasteiger partial charge in [-0.2, -0.15) is 0 Å². The van der Waals surface area contributed by atoms with E-state index in [9.17, 15) is 9.59 Å². The van der Waals surface area contributed by atoms with Gasteiger partial charge in [0.15, 0.2) is 0 Å². The molecule has 0 saturated heterocycles. The van der Waals surface area contributed by atoms with E-state index in [0.717, 1.165) is 19.3 Å². The lowest BCUT2D eigenvalue weighted by Gasteiger charge is -2.13. The molecule has 4 heteroatoms. The average Bonchev–Trinajstić information content (AvgIpc) is 2.00. The van der Waals surface area contributed by atoms with Gasteiger partial charge in [-0.25, -0.2) is 0 Å². The Bertz CT molecular complexity index is 214. The van der Waals surface area contributed by atoms with Crippen LogP contribution < -0.4 is 5.32 Å². The zero-order chi connectivity index (χ0) is 11.8. The second-order valence-corrected chi connectivity index (χ2v) is 4.36. The summed E-state index contributed by atoms with van der Waals surface area (Å²) in [4.78, 5) is 21.3. The van der Waals surface area contributed by atoms with Gasteiger partial charge in [0.25, 0.3) is 0 Å². The lowest BCUT2D eigenvalue weighted by Crippen LogP contribution is -2.33. The van der Waals surface area contributed by atoms with Crippen molar-refractivity contribution in [3.05, 3.63) is 0 Å². The van der Waals surface area contributed by atoms with Gasteiger partial charge >= 0.3 is 5.97 Å². The fourth-order valence-electron chi connectivity index (χ4n) is 1.37. The number of rotatable bonds is 7. The van der Waals surface area contributed by atoms with Gasteiger partial charge in [0.1, 0.15) is 6.42 Å². The lowest BCUT2D eigenvalue weighted by atomic mass is 10.0. The topological polar surface area (TPSA) is 66.4 Å². The Morgan fingerprint density at radius 2 is 1.80 bits per heavy atom. The quantitative estimate of drug-likeness (QED) is 0.636. The normalized spacial score (nSPS) is 12.5.